The standard InChI is InChI=1S/C17H28O/c1-4-6-7-11-15-17(18-3,14-5-2)16-12-9-8-10-13-16/h8-10,12-13H,4-7,11,14-15H2,1-3H3. The van der Waals surface area contributed by atoms with Crippen LogP contribution in [0.2, 0.25) is 0 Å². The molecule has 1 aromatic carbocycles. The van der Waals surface area contributed by atoms with Crippen molar-refractivity contribution in [2.24, 2.45) is 0 Å². The molecule has 0 N–H and O–H groups in total. The van der Waals surface area contributed by atoms with Crippen molar-refractivity contribution >= 4 is 0 Å². The summed E-state index contributed by atoms with van der Waals surface area (Å²) in [5, 5.41) is 0. The number of benzene rings is 1. The maximum Gasteiger partial charge on any atom is 0.0927 e. The lowest BCUT2D eigenvalue weighted by Crippen LogP contribution is -2.28. The molecule has 0 aromatic heterocycles. The predicted octanol–water partition coefficient (Wildman–Crippen LogP) is 5.30. The maximum atomic E-state index is 5.94. The summed E-state index contributed by atoms with van der Waals surface area (Å²) < 4.78 is 5.94. The van der Waals surface area contributed by atoms with Gasteiger partial charge in [-0.2, -0.15) is 0 Å². The predicted molar refractivity (Wildman–Crippen MR) is 78.8 cm³/mol. The first-order valence-corrected chi connectivity index (χ1v) is 7.39. The van der Waals surface area contributed by atoms with Gasteiger partial charge in [0.2, 0.25) is 0 Å². The molecule has 0 saturated heterocycles. The van der Waals surface area contributed by atoms with Crippen molar-refractivity contribution in [3.63, 3.8) is 0 Å². The third kappa shape index (κ3) is 4.13. The van der Waals surface area contributed by atoms with Crippen LogP contribution in [0.5, 0.6) is 0 Å². The molecule has 0 heterocycles. The molecule has 102 valence electrons. The van der Waals surface area contributed by atoms with Gasteiger partial charge >= 0.3 is 0 Å². The lowest BCUT2D eigenvalue weighted by molar-refractivity contribution is -0.0321. The lowest BCUT2D eigenvalue weighted by atomic mass is 9.84. The van der Waals surface area contributed by atoms with E-state index < -0.39 is 0 Å². The molecule has 1 heteroatoms. The Morgan fingerprint density at radius 2 is 1.61 bits per heavy atom. The van der Waals surface area contributed by atoms with Gasteiger partial charge in [-0.1, -0.05) is 76.3 Å². The zero-order valence-corrected chi connectivity index (χ0v) is 12.2. The molecule has 0 bridgehead atoms. The molecule has 0 radical (unpaired) electrons. The molecule has 0 amide bonds. The minimum absolute atomic E-state index is 0.0657. The summed E-state index contributed by atoms with van der Waals surface area (Å²) in [4.78, 5) is 0. The van der Waals surface area contributed by atoms with Crippen LogP contribution in [0.3, 0.4) is 0 Å². The third-order valence-electron chi connectivity index (χ3n) is 3.78. The van der Waals surface area contributed by atoms with Gasteiger partial charge in [-0.25, -0.2) is 0 Å². The van der Waals surface area contributed by atoms with Crippen LogP contribution in [0.15, 0.2) is 30.3 Å². The third-order valence-corrected chi connectivity index (χ3v) is 3.78. The van der Waals surface area contributed by atoms with Crippen LogP contribution < -0.4 is 0 Å². The fourth-order valence-corrected chi connectivity index (χ4v) is 2.72. The molecule has 0 aliphatic rings. The Kier molecular flexibility index (Phi) is 7.04. The number of rotatable bonds is 9. The lowest BCUT2D eigenvalue weighted by Gasteiger charge is -2.33. The first-order chi connectivity index (χ1) is 8.79. The quantitative estimate of drug-likeness (QED) is 0.539. The second kappa shape index (κ2) is 8.31. The van der Waals surface area contributed by atoms with Crippen molar-refractivity contribution < 1.29 is 4.74 Å². The Morgan fingerprint density at radius 3 is 2.17 bits per heavy atom. The van der Waals surface area contributed by atoms with Gasteiger partial charge in [0.15, 0.2) is 0 Å². The molecule has 1 rings (SSSR count). The van der Waals surface area contributed by atoms with Gasteiger partial charge in [0.05, 0.1) is 5.60 Å². The molecule has 1 aromatic rings. The molecule has 0 fully saturated rings. The Balaban J connectivity index is 2.74. The van der Waals surface area contributed by atoms with E-state index in [1.165, 1.54) is 31.2 Å². The van der Waals surface area contributed by atoms with Gasteiger partial charge in [0, 0.05) is 7.11 Å². The SMILES string of the molecule is CCCCCCC(CCC)(OC)c1ccccc1. The monoisotopic (exact) mass is 248 g/mol. The smallest absolute Gasteiger partial charge is 0.0927 e. The van der Waals surface area contributed by atoms with Gasteiger partial charge in [0.25, 0.3) is 0 Å². The van der Waals surface area contributed by atoms with Crippen LogP contribution in [0.1, 0.15) is 64.4 Å². The summed E-state index contributed by atoms with van der Waals surface area (Å²) >= 11 is 0. The molecule has 1 atom stereocenters. The number of hydrogen-bond acceptors (Lipinski definition) is 1. The average Bonchev–Trinajstić information content (AvgIpc) is 2.43. The Morgan fingerprint density at radius 1 is 0.889 bits per heavy atom. The molecular formula is C17H28O. The second-order valence-corrected chi connectivity index (χ2v) is 5.13. The van der Waals surface area contributed by atoms with Gasteiger partial charge in [-0.3, -0.25) is 0 Å². The molecule has 0 aliphatic carbocycles. The van der Waals surface area contributed by atoms with E-state index in [2.05, 4.69) is 44.2 Å². The molecule has 0 aliphatic heterocycles. The van der Waals surface area contributed by atoms with Crippen molar-refractivity contribution in [2.75, 3.05) is 7.11 Å². The Labute approximate surface area is 113 Å². The van der Waals surface area contributed by atoms with Crippen molar-refractivity contribution in [1.29, 1.82) is 0 Å². The summed E-state index contributed by atoms with van der Waals surface area (Å²) in [5.41, 5.74) is 1.27. The van der Waals surface area contributed by atoms with E-state index in [0.29, 0.717) is 0 Å². The summed E-state index contributed by atoms with van der Waals surface area (Å²) in [6.07, 6.45) is 8.62. The van der Waals surface area contributed by atoms with Gasteiger partial charge in [-0.15, -0.1) is 0 Å². The minimum Gasteiger partial charge on any atom is -0.374 e. The van der Waals surface area contributed by atoms with E-state index in [1.807, 2.05) is 7.11 Å². The van der Waals surface area contributed by atoms with E-state index in [9.17, 15) is 0 Å². The molecule has 18 heavy (non-hydrogen) atoms. The van der Waals surface area contributed by atoms with Crippen molar-refractivity contribution in [2.45, 2.75) is 64.4 Å². The maximum absolute atomic E-state index is 5.94. The molecule has 0 spiro atoms. The van der Waals surface area contributed by atoms with Crippen LogP contribution in [-0.4, -0.2) is 7.11 Å². The molecular weight excluding hydrogens is 220 g/mol. The molecule has 1 nitrogen and oxygen atoms in total. The van der Waals surface area contributed by atoms with Crippen LogP contribution in [-0.2, 0) is 10.3 Å². The normalized spacial score (nSPS) is 14.4. The van der Waals surface area contributed by atoms with E-state index in [0.717, 1.165) is 19.3 Å². The summed E-state index contributed by atoms with van der Waals surface area (Å²) in [5.74, 6) is 0. The van der Waals surface area contributed by atoms with E-state index in [-0.39, 0.29) is 5.60 Å². The zero-order valence-electron chi connectivity index (χ0n) is 12.2. The largest absolute Gasteiger partial charge is 0.374 e. The van der Waals surface area contributed by atoms with Crippen molar-refractivity contribution in [1.82, 2.24) is 0 Å². The highest BCUT2D eigenvalue weighted by Gasteiger charge is 2.30. The first kappa shape index (κ1) is 15.2. The summed E-state index contributed by atoms with van der Waals surface area (Å²) in [6, 6.07) is 10.7. The van der Waals surface area contributed by atoms with Gasteiger partial charge < -0.3 is 4.74 Å². The number of hydrogen-bond donors (Lipinski definition) is 0. The van der Waals surface area contributed by atoms with Crippen molar-refractivity contribution in [3.8, 4) is 0 Å². The molecule has 0 saturated carbocycles. The second-order valence-electron chi connectivity index (χ2n) is 5.13. The summed E-state index contributed by atoms with van der Waals surface area (Å²) in [7, 11) is 1.86. The minimum atomic E-state index is -0.0657. The van der Waals surface area contributed by atoms with E-state index in [1.54, 1.807) is 0 Å². The Bertz CT molecular complexity index is 307. The molecule has 1 unspecified atom stereocenters. The number of ether oxygens (including phenoxy) is 1. The number of methoxy groups -OCH3 is 1. The fraction of sp³-hybridized carbons (Fsp3) is 0.647. The van der Waals surface area contributed by atoms with E-state index >= 15 is 0 Å². The topological polar surface area (TPSA) is 9.23 Å². The van der Waals surface area contributed by atoms with Crippen LogP contribution >= 0.6 is 0 Å². The average molecular weight is 248 g/mol. The summed E-state index contributed by atoms with van der Waals surface area (Å²) in [6.45, 7) is 4.50. The van der Waals surface area contributed by atoms with Crippen LogP contribution in [0.25, 0.3) is 0 Å². The highest BCUT2D eigenvalue weighted by atomic mass is 16.5. The van der Waals surface area contributed by atoms with Crippen LogP contribution in [0, 0.1) is 0 Å². The fourth-order valence-electron chi connectivity index (χ4n) is 2.72. The van der Waals surface area contributed by atoms with Crippen molar-refractivity contribution in [3.05, 3.63) is 35.9 Å². The first-order valence-electron chi connectivity index (χ1n) is 7.39. The van der Waals surface area contributed by atoms with Gasteiger partial charge in [-0.05, 0) is 18.4 Å². The highest BCUT2D eigenvalue weighted by molar-refractivity contribution is 5.22. The number of unbranched alkanes of at least 4 members (excludes halogenated alkanes) is 3. The highest BCUT2D eigenvalue weighted by Crippen LogP contribution is 2.35. The Hall–Kier alpha value is -0.820. The van der Waals surface area contributed by atoms with Crippen LogP contribution in [0.4, 0.5) is 0 Å². The van der Waals surface area contributed by atoms with E-state index in [4.69, 9.17) is 4.74 Å². The van der Waals surface area contributed by atoms with Gasteiger partial charge in [0.1, 0.15) is 0 Å². The zero-order chi connectivity index (χ0) is 13.3.